The molecule has 0 radical (unpaired) electrons. The van der Waals surface area contributed by atoms with Crippen molar-refractivity contribution >= 4 is 6.03 Å². The summed E-state index contributed by atoms with van der Waals surface area (Å²) < 4.78 is 37.3. The van der Waals surface area contributed by atoms with E-state index in [1.807, 2.05) is 0 Å². The SMILES string of the molecule is CC(C)(C)CCCNC(=O)N1CCC(C(O)C(F)(F)F)CC1. The van der Waals surface area contributed by atoms with Crippen LogP contribution in [0.25, 0.3) is 0 Å². The molecule has 2 N–H and O–H groups in total. The van der Waals surface area contributed by atoms with Crippen LogP contribution in [0, 0.1) is 11.3 Å². The maximum absolute atomic E-state index is 12.4. The number of amides is 2. The van der Waals surface area contributed by atoms with Gasteiger partial charge in [-0.1, -0.05) is 20.8 Å². The minimum atomic E-state index is -4.58. The topological polar surface area (TPSA) is 52.6 Å². The first-order valence-corrected chi connectivity index (χ1v) is 7.78. The quantitative estimate of drug-likeness (QED) is 0.781. The van der Waals surface area contributed by atoms with E-state index in [4.69, 9.17) is 0 Å². The summed E-state index contributed by atoms with van der Waals surface area (Å²) in [5.74, 6) is -0.815. The van der Waals surface area contributed by atoms with Crippen LogP contribution < -0.4 is 5.32 Å². The van der Waals surface area contributed by atoms with Gasteiger partial charge in [0.2, 0.25) is 0 Å². The van der Waals surface area contributed by atoms with Gasteiger partial charge < -0.3 is 15.3 Å². The number of nitrogens with one attached hydrogen (secondary N) is 1. The molecule has 1 fully saturated rings. The molecule has 0 bridgehead atoms. The summed E-state index contributed by atoms with van der Waals surface area (Å²) in [5.41, 5.74) is 0.219. The van der Waals surface area contributed by atoms with Crippen molar-refractivity contribution in [1.29, 1.82) is 0 Å². The van der Waals surface area contributed by atoms with Crippen molar-refractivity contribution in [3.8, 4) is 0 Å². The number of aliphatic hydroxyl groups excluding tert-OH is 1. The fraction of sp³-hybridized carbons (Fsp3) is 0.933. The average molecular weight is 324 g/mol. The number of alkyl halides is 3. The Morgan fingerprint density at radius 3 is 2.27 bits per heavy atom. The van der Waals surface area contributed by atoms with Crippen LogP contribution in [0.2, 0.25) is 0 Å². The highest BCUT2D eigenvalue weighted by Crippen LogP contribution is 2.31. The fourth-order valence-electron chi connectivity index (χ4n) is 2.61. The van der Waals surface area contributed by atoms with Crippen molar-refractivity contribution in [3.05, 3.63) is 0 Å². The van der Waals surface area contributed by atoms with Crippen LogP contribution >= 0.6 is 0 Å². The highest BCUT2D eigenvalue weighted by Gasteiger charge is 2.44. The van der Waals surface area contributed by atoms with Crippen LogP contribution in [0.15, 0.2) is 0 Å². The van der Waals surface area contributed by atoms with E-state index in [1.54, 1.807) is 0 Å². The predicted molar refractivity (Wildman–Crippen MR) is 78.4 cm³/mol. The van der Waals surface area contributed by atoms with Crippen molar-refractivity contribution in [2.45, 2.75) is 58.7 Å². The number of piperidine rings is 1. The number of hydrogen-bond acceptors (Lipinski definition) is 2. The molecule has 4 nitrogen and oxygen atoms in total. The van der Waals surface area contributed by atoms with E-state index in [-0.39, 0.29) is 37.4 Å². The molecule has 1 aliphatic heterocycles. The minimum Gasteiger partial charge on any atom is -0.383 e. The van der Waals surface area contributed by atoms with Gasteiger partial charge in [-0.15, -0.1) is 0 Å². The standard InChI is InChI=1S/C15H27F3N2O2/c1-14(2,3)7-4-8-19-13(22)20-9-5-11(6-10-20)12(21)15(16,17)18/h11-12,21H,4-10H2,1-3H3,(H,19,22). The second-order valence-corrected chi connectivity index (χ2v) is 7.21. The first-order valence-electron chi connectivity index (χ1n) is 7.78. The van der Waals surface area contributed by atoms with Crippen LogP contribution in [-0.2, 0) is 0 Å². The van der Waals surface area contributed by atoms with Gasteiger partial charge in [0.05, 0.1) is 0 Å². The third kappa shape index (κ3) is 6.42. The molecular formula is C15H27F3N2O2. The smallest absolute Gasteiger partial charge is 0.383 e. The van der Waals surface area contributed by atoms with E-state index >= 15 is 0 Å². The summed E-state index contributed by atoms with van der Waals surface area (Å²) in [4.78, 5) is 13.5. The van der Waals surface area contributed by atoms with Crippen LogP contribution in [0.5, 0.6) is 0 Å². The normalized spacial score (nSPS) is 19.1. The molecule has 0 aromatic heterocycles. The number of urea groups is 1. The maximum Gasteiger partial charge on any atom is 0.414 e. The largest absolute Gasteiger partial charge is 0.414 e. The Labute approximate surface area is 130 Å². The lowest BCUT2D eigenvalue weighted by molar-refractivity contribution is -0.222. The van der Waals surface area contributed by atoms with Gasteiger partial charge in [-0.05, 0) is 37.0 Å². The van der Waals surface area contributed by atoms with E-state index in [0.29, 0.717) is 6.54 Å². The Balaban J connectivity index is 2.28. The van der Waals surface area contributed by atoms with Gasteiger partial charge in [0, 0.05) is 19.6 Å². The monoisotopic (exact) mass is 324 g/mol. The zero-order valence-corrected chi connectivity index (χ0v) is 13.5. The molecule has 2 amide bonds. The van der Waals surface area contributed by atoms with Crippen molar-refractivity contribution < 1.29 is 23.1 Å². The third-order valence-corrected chi connectivity index (χ3v) is 3.99. The van der Waals surface area contributed by atoms with E-state index in [1.165, 1.54) is 4.90 Å². The van der Waals surface area contributed by atoms with Gasteiger partial charge in [-0.2, -0.15) is 13.2 Å². The molecule has 1 unspecified atom stereocenters. The van der Waals surface area contributed by atoms with Gasteiger partial charge in [0.25, 0.3) is 0 Å². The number of aliphatic hydroxyl groups is 1. The Kier molecular flexibility index (Phi) is 6.52. The number of carbonyl (C=O) groups excluding carboxylic acids is 1. The van der Waals surface area contributed by atoms with Gasteiger partial charge in [0.15, 0.2) is 6.10 Å². The van der Waals surface area contributed by atoms with Crippen LogP contribution in [0.3, 0.4) is 0 Å². The maximum atomic E-state index is 12.4. The molecule has 0 aromatic carbocycles. The van der Waals surface area contributed by atoms with Gasteiger partial charge in [0.1, 0.15) is 0 Å². The van der Waals surface area contributed by atoms with Crippen molar-refractivity contribution in [2.24, 2.45) is 11.3 Å². The molecule has 1 saturated heterocycles. The molecule has 0 saturated carbocycles. The first kappa shape index (κ1) is 19.1. The van der Waals surface area contributed by atoms with E-state index < -0.39 is 18.2 Å². The summed E-state index contributed by atoms with van der Waals surface area (Å²) in [6.45, 7) is 7.47. The van der Waals surface area contributed by atoms with E-state index in [0.717, 1.165) is 12.8 Å². The summed E-state index contributed by atoms with van der Waals surface area (Å²) >= 11 is 0. The van der Waals surface area contributed by atoms with Crippen LogP contribution in [0.4, 0.5) is 18.0 Å². The Morgan fingerprint density at radius 1 is 1.27 bits per heavy atom. The number of rotatable bonds is 4. The number of nitrogens with zero attached hydrogens (tertiary/aromatic N) is 1. The Hall–Kier alpha value is -0.980. The molecule has 1 heterocycles. The van der Waals surface area contributed by atoms with Crippen molar-refractivity contribution in [3.63, 3.8) is 0 Å². The molecule has 0 aliphatic carbocycles. The van der Waals surface area contributed by atoms with Crippen LogP contribution in [-0.4, -0.2) is 48.0 Å². The molecule has 0 aromatic rings. The molecular weight excluding hydrogens is 297 g/mol. The average Bonchev–Trinajstić information content (AvgIpc) is 2.40. The lowest BCUT2D eigenvalue weighted by Gasteiger charge is -2.34. The zero-order chi connectivity index (χ0) is 17.0. The highest BCUT2D eigenvalue weighted by atomic mass is 19.4. The molecule has 1 atom stereocenters. The Morgan fingerprint density at radius 2 is 1.82 bits per heavy atom. The molecule has 22 heavy (non-hydrogen) atoms. The number of carbonyl (C=O) groups is 1. The first-order chi connectivity index (χ1) is 10.0. The van der Waals surface area contributed by atoms with Crippen LogP contribution in [0.1, 0.15) is 46.5 Å². The van der Waals surface area contributed by atoms with E-state index in [9.17, 15) is 23.1 Å². The minimum absolute atomic E-state index is 0.177. The third-order valence-electron chi connectivity index (χ3n) is 3.99. The summed E-state index contributed by atoms with van der Waals surface area (Å²) in [6.07, 6.45) is -4.65. The molecule has 1 aliphatic rings. The lowest BCUT2D eigenvalue weighted by atomic mass is 9.90. The Bertz CT molecular complexity index is 359. The molecule has 1 rings (SSSR count). The lowest BCUT2D eigenvalue weighted by Crippen LogP contribution is -2.48. The van der Waals surface area contributed by atoms with Gasteiger partial charge in [-0.25, -0.2) is 4.79 Å². The number of hydrogen-bond donors (Lipinski definition) is 2. The van der Waals surface area contributed by atoms with E-state index in [2.05, 4.69) is 26.1 Å². The fourth-order valence-corrected chi connectivity index (χ4v) is 2.61. The predicted octanol–water partition coefficient (Wildman–Crippen LogP) is 3.16. The second-order valence-electron chi connectivity index (χ2n) is 7.21. The summed E-state index contributed by atoms with van der Waals surface area (Å²) in [6, 6.07) is -0.228. The molecule has 0 spiro atoms. The summed E-state index contributed by atoms with van der Waals surface area (Å²) in [7, 11) is 0. The zero-order valence-electron chi connectivity index (χ0n) is 13.5. The number of likely N-dealkylation sites (tertiary alicyclic amines) is 1. The number of halogens is 3. The highest BCUT2D eigenvalue weighted by molar-refractivity contribution is 5.74. The molecule has 7 heteroatoms. The summed E-state index contributed by atoms with van der Waals surface area (Å²) in [5, 5.41) is 12.0. The van der Waals surface area contributed by atoms with Gasteiger partial charge in [-0.3, -0.25) is 0 Å². The van der Waals surface area contributed by atoms with Crippen molar-refractivity contribution in [2.75, 3.05) is 19.6 Å². The van der Waals surface area contributed by atoms with Gasteiger partial charge >= 0.3 is 12.2 Å². The second kappa shape index (κ2) is 7.53. The molecule has 130 valence electrons. The van der Waals surface area contributed by atoms with Crippen molar-refractivity contribution in [1.82, 2.24) is 10.2 Å².